The number of carbonyl (C=O) groups is 1. The minimum atomic E-state index is -3.91. The fraction of sp³-hybridized carbons (Fsp3) is 0.176. The van der Waals surface area contributed by atoms with Gasteiger partial charge in [-0.3, -0.25) is 4.79 Å². The van der Waals surface area contributed by atoms with Gasteiger partial charge in [0.25, 0.3) is 15.9 Å². The number of ether oxygens (including phenoxy) is 4. The number of sulfonamides is 2. The summed E-state index contributed by atoms with van der Waals surface area (Å²) < 4.78 is 82.9. The molecule has 0 bridgehead atoms. The first-order valence-electron chi connectivity index (χ1n) is 15.4. The van der Waals surface area contributed by atoms with Gasteiger partial charge in [-0.15, -0.1) is 0 Å². The van der Waals surface area contributed by atoms with Crippen LogP contribution >= 0.6 is 0 Å². The van der Waals surface area contributed by atoms with Crippen LogP contribution in [0.25, 0.3) is 22.2 Å². The van der Waals surface area contributed by atoms with Crippen LogP contribution in [0.5, 0.6) is 23.0 Å². The Kier molecular flexibility index (Phi) is 10.6. The Labute approximate surface area is 291 Å². The number of benzene rings is 4. The third-order valence-corrected chi connectivity index (χ3v) is 9.23. The van der Waals surface area contributed by atoms with E-state index in [4.69, 9.17) is 32.9 Å². The van der Waals surface area contributed by atoms with Crippen molar-refractivity contribution in [1.29, 1.82) is 0 Å². The van der Waals surface area contributed by atoms with Gasteiger partial charge in [0.05, 0.1) is 36.2 Å². The number of para-hydroxylation sites is 4. The number of hydrogen-bond acceptors (Lipinski definition) is 13. The van der Waals surface area contributed by atoms with Gasteiger partial charge in [0, 0.05) is 25.0 Å². The van der Waals surface area contributed by atoms with Gasteiger partial charge in [-0.05, 0) is 48.5 Å². The molecule has 51 heavy (non-hydrogen) atoms. The molecule has 0 radical (unpaired) electrons. The maximum atomic E-state index is 12.4. The molecule has 0 saturated carbocycles. The zero-order valence-corrected chi connectivity index (χ0v) is 28.3. The molecule has 0 atom stereocenters. The van der Waals surface area contributed by atoms with E-state index in [-0.39, 0.29) is 21.6 Å². The van der Waals surface area contributed by atoms with E-state index in [9.17, 15) is 21.6 Å². The van der Waals surface area contributed by atoms with Crippen LogP contribution in [0.2, 0.25) is 0 Å². The Morgan fingerprint density at radius 2 is 1.08 bits per heavy atom. The van der Waals surface area contributed by atoms with Crippen LogP contribution < -0.4 is 24.1 Å². The van der Waals surface area contributed by atoms with Crippen LogP contribution in [-0.2, 0) is 20.0 Å². The standard InChI is InChI=1S/C17H14N2O5S.C9H11NO4S.C8H5NO2/c20-25(21,12-6-7-15-16(10-12)23-9-3-8-22-15)18-11-17-19-13-4-1-2-5-14(13)24-17;10-15(11,12)7-2-3-8-9(6-7)14-5-1-4-13-8;10-5-8-9-6-3-1-2-4-7(6)11-8/h1-2,4-7,10-11H,3,8-9H2;2-3,6H,1,4-5H2,(H2,10,11,12);1-5H. The Balaban J connectivity index is 0.000000146. The van der Waals surface area contributed by atoms with Gasteiger partial charge in [-0.25, -0.2) is 23.5 Å². The number of rotatable bonds is 5. The molecule has 264 valence electrons. The number of carbonyl (C=O) groups excluding carboxylic acids is 1. The summed E-state index contributed by atoms with van der Waals surface area (Å²) in [4.78, 5) is 18.3. The first kappa shape index (κ1) is 35.1. The Morgan fingerprint density at radius 1 is 0.608 bits per heavy atom. The normalized spacial score (nSPS) is 14.1. The summed E-state index contributed by atoms with van der Waals surface area (Å²) in [7, 11) is -7.59. The highest BCUT2D eigenvalue weighted by atomic mass is 32.2. The number of hydrogen-bond donors (Lipinski definition) is 1. The number of aromatic nitrogens is 2. The lowest BCUT2D eigenvalue weighted by atomic mass is 10.3. The fourth-order valence-corrected chi connectivity index (χ4v) is 6.06. The molecule has 8 rings (SSSR count). The van der Waals surface area contributed by atoms with E-state index in [1.807, 2.05) is 24.3 Å². The predicted molar refractivity (Wildman–Crippen MR) is 184 cm³/mol. The van der Waals surface area contributed by atoms with Crippen molar-refractivity contribution in [3.63, 3.8) is 0 Å². The van der Waals surface area contributed by atoms with Crippen molar-refractivity contribution < 1.29 is 49.4 Å². The van der Waals surface area contributed by atoms with Gasteiger partial charge < -0.3 is 27.8 Å². The first-order valence-corrected chi connectivity index (χ1v) is 18.4. The van der Waals surface area contributed by atoms with E-state index >= 15 is 0 Å². The molecule has 0 saturated heterocycles. The average Bonchev–Trinajstić information content (AvgIpc) is 3.57. The van der Waals surface area contributed by atoms with E-state index < -0.39 is 20.0 Å². The number of nitrogens with zero attached hydrogens (tertiary/aromatic N) is 3. The van der Waals surface area contributed by atoms with Gasteiger partial charge in [-0.2, -0.15) is 12.8 Å². The zero-order chi connectivity index (χ0) is 35.8. The fourth-order valence-electron chi connectivity index (χ4n) is 4.69. The smallest absolute Gasteiger partial charge is 0.282 e. The second-order valence-electron chi connectivity index (χ2n) is 10.7. The van der Waals surface area contributed by atoms with Crippen molar-refractivity contribution in [1.82, 2.24) is 9.97 Å². The summed E-state index contributed by atoms with van der Waals surface area (Å²) in [6, 6.07) is 23.2. The summed E-state index contributed by atoms with van der Waals surface area (Å²) >= 11 is 0. The number of nitrogens with two attached hydrogens (primary N) is 1. The second-order valence-corrected chi connectivity index (χ2v) is 13.9. The highest BCUT2D eigenvalue weighted by Gasteiger charge is 2.19. The highest BCUT2D eigenvalue weighted by Crippen LogP contribution is 2.33. The average molecular weight is 735 g/mol. The molecule has 4 aromatic carbocycles. The molecular formula is C34H30N4O11S2. The predicted octanol–water partition coefficient (Wildman–Crippen LogP) is 4.93. The molecule has 0 fully saturated rings. The lowest BCUT2D eigenvalue weighted by Crippen LogP contribution is -2.12. The highest BCUT2D eigenvalue weighted by molar-refractivity contribution is 7.90. The first-order chi connectivity index (χ1) is 24.6. The van der Waals surface area contributed by atoms with Crippen molar-refractivity contribution in [2.24, 2.45) is 9.54 Å². The number of aldehydes is 1. The molecule has 0 unspecified atom stereocenters. The number of fused-ring (bicyclic) bond motifs is 4. The third kappa shape index (κ3) is 8.88. The molecule has 0 amide bonds. The monoisotopic (exact) mass is 734 g/mol. The van der Waals surface area contributed by atoms with Crippen LogP contribution in [0.3, 0.4) is 0 Å². The minimum absolute atomic E-state index is 0.0177. The Hall–Kier alpha value is -5.78. The minimum Gasteiger partial charge on any atom is -0.490 e. The molecule has 15 nitrogen and oxygen atoms in total. The molecule has 6 aromatic rings. The van der Waals surface area contributed by atoms with Crippen molar-refractivity contribution in [3.05, 3.63) is 96.7 Å². The van der Waals surface area contributed by atoms with Gasteiger partial charge in [-0.1, -0.05) is 24.3 Å². The maximum absolute atomic E-state index is 12.4. The number of oxazole rings is 2. The topological polar surface area (TPSA) is 213 Å². The maximum Gasteiger partial charge on any atom is 0.282 e. The van der Waals surface area contributed by atoms with Crippen LogP contribution in [0.4, 0.5) is 0 Å². The SMILES string of the molecule is NS(=O)(=O)c1ccc2c(c1)OCCCO2.O=Cc1nc2ccccc2o1.O=S(=O)(N=Cc1nc2ccccc2o1)c1ccc2c(c1)OCCCO2. The molecule has 0 aliphatic carbocycles. The largest absolute Gasteiger partial charge is 0.490 e. The van der Waals surface area contributed by atoms with E-state index in [1.54, 1.807) is 36.4 Å². The molecule has 17 heteroatoms. The third-order valence-electron chi connectivity index (χ3n) is 7.09. The van der Waals surface area contributed by atoms with Gasteiger partial charge >= 0.3 is 0 Å². The Morgan fingerprint density at radius 3 is 1.61 bits per heavy atom. The van der Waals surface area contributed by atoms with E-state index in [2.05, 4.69) is 14.4 Å². The van der Waals surface area contributed by atoms with Crippen LogP contribution in [0.1, 0.15) is 29.4 Å². The molecule has 2 aromatic heterocycles. The lowest BCUT2D eigenvalue weighted by Gasteiger charge is -2.08. The summed E-state index contributed by atoms with van der Waals surface area (Å²) in [5.74, 6) is 2.17. The van der Waals surface area contributed by atoms with Crippen molar-refractivity contribution >= 4 is 54.7 Å². The van der Waals surface area contributed by atoms with Crippen molar-refractivity contribution in [3.8, 4) is 23.0 Å². The van der Waals surface area contributed by atoms with Crippen molar-refractivity contribution in [2.75, 3.05) is 26.4 Å². The number of primary sulfonamides is 1. The molecule has 2 N–H and O–H groups in total. The molecule has 4 heterocycles. The summed E-state index contributed by atoms with van der Waals surface area (Å²) in [6.07, 6.45) is 3.21. The van der Waals surface area contributed by atoms with Gasteiger partial charge in [0.15, 0.2) is 34.2 Å². The van der Waals surface area contributed by atoms with Crippen molar-refractivity contribution in [2.45, 2.75) is 22.6 Å². The van der Waals surface area contributed by atoms with Gasteiger partial charge in [0.1, 0.15) is 17.2 Å². The second kappa shape index (κ2) is 15.4. The van der Waals surface area contributed by atoms with E-state index in [0.29, 0.717) is 72.4 Å². The van der Waals surface area contributed by atoms with Crippen LogP contribution in [0.15, 0.2) is 108 Å². The van der Waals surface area contributed by atoms with E-state index in [1.165, 1.54) is 24.3 Å². The molecule has 2 aliphatic rings. The molecule has 2 aliphatic heterocycles. The summed E-state index contributed by atoms with van der Waals surface area (Å²) in [5, 5.41) is 5.00. The van der Waals surface area contributed by atoms with Crippen LogP contribution in [0, 0.1) is 0 Å². The van der Waals surface area contributed by atoms with E-state index in [0.717, 1.165) is 24.6 Å². The summed E-state index contributed by atoms with van der Waals surface area (Å²) in [6.45, 7) is 2.10. The Bertz CT molecular complexity index is 2360. The quantitative estimate of drug-likeness (QED) is 0.184. The zero-order valence-electron chi connectivity index (χ0n) is 26.7. The molecule has 0 spiro atoms. The lowest BCUT2D eigenvalue weighted by molar-refractivity contribution is 0.109. The van der Waals surface area contributed by atoms with Crippen LogP contribution in [-0.4, -0.2) is 65.7 Å². The molecular weight excluding hydrogens is 705 g/mol. The van der Waals surface area contributed by atoms with Gasteiger partial charge in [0.2, 0.25) is 22.2 Å². The summed E-state index contributed by atoms with van der Waals surface area (Å²) in [5.41, 5.74) is 2.57.